The fourth-order valence-corrected chi connectivity index (χ4v) is 3.56. The highest BCUT2D eigenvalue weighted by molar-refractivity contribution is 5.56. The Morgan fingerprint density at radius 1 is 0.926 bits per heavy atom. The van der Waals surface area contributed by atoms with E-state index in [0.29, 0.717) is 29.4 Å². The number of ether oxygens (including phenoxy) is 4. The molecule has 0 saturated carbocycles. The summed E-state index contributed by atoms with van der Waals surface area (Å²) in [7, 11) is 4.78. The maximum absolute atomic E-state index is 10.1. The third-order valence-electron chi connectivity index (χ3n) is 4.93. The monoisotopic (exact) mass is 374 g/mol. The van der Waals surface area contributed by atoms with Crippen LogP contribution in [0.1, 0.15) is 35.1 Å². The summed E-state index contributed by atoms with van der Waals surface area (Å²) in [6, 6.07) is 9.59. The van der Waals surface area contributed by atoms with Gasteiger partial charge in [-0.2, -0.15) is 0 Å². The predicted molar refractivity (Wildman–Crippen MR) is 101 cm³/mol. The van der Waals surface area contributed by atoms with Crippen molar-refractivity contribution in [3.8, 4) is 23.0 Å². The van der Waals surface area contributed by atoms with Crippen LogP contribution in [0.2, 0.25) is 0 Å². The number of hydrogen-bond acceptors (Lipinski definition) is 6. The first kappa shape index (κ1) is 19.3. The number of aryl methyl sites for hydroxylation is 1. The Labute approximate surface area is 159 Å². The molecular formula is C21H26O6. The molecule has 1 heterocycles. The van der Waals surface area contributed by atoms with Gasteiger partial charge in [-0.25, -0.2) is 0 Å². The van der Waals surface area contributed by atoms with Crippen molar-refractivity contribution in [2.45, 2.75) is 24.9 Å². The maximum atomic E-state index is 10.1. The van der Waals surface area contributed by atoms with E-state index in [1.54, 1.807) is 21.3 Å². The van der Waals surface area contributed by atoms with E-state index < -0.39 is 0 Å². The molecule has 0 spiro atoms. The van der Waals surface area contributed by atoms with Gasteiger partial charge in [-0.1, -0.05) is 12.1 Å². The molecule has 0 unspecified atom stereocenters. The number of fused-ring (bicyclic) bond motifs is 1. The quantitative estimate of drug-likeness (QED) is 0.740. The summed E-state index contributed by atoms with van der Waals surface area (Å²) in [6.07, 6.45) is 1.05. The Bertz CT molecular complexity index is 788. The zero-order valence-corrected chi connectivity index (χ0v) is 15.9. The molecule has 0 aromatic heterocycles. The normalized spacial score (nSPS) is 18.0. The zero-order valence-electron chi connectivity index (χ0n) is 15.9. The fraction of sp³-hybridized carbons (Fsp3) is 0.429. The second-order valence-corrected chi connectivity index (χ2v) is 6.49. The maximum Gasteiger partial charge on any atom is 0.165 e. The van der Waals surface area contributed by atoms with Crippen molar-refractivity contribution in [1.29, 1.82) is 0 Å². The lowest BCUT2D eigenvalue weighted by molar-refractivity contribution is 0.156. The minimum Gasteiger partial charge on any atom is -0.493 e. The number of aliphatic hydroxyl groups excluding tert-OH is 2. The molecule has 0 aliphatic carbocycles. The Morgan fingerprint density at radius 2 is 1.67 bits per heavy atom. The molecule has 0 bridgehead atoms. The minimum absolute atomic E-state index is 0.0569. The molecule has 0 amide bonds. The summed E-state index contributed by atoms with van der Waals surface area (Å²) < 4.78 is 22.4. The Kier molecular flexibility index (Phi) is 6.08. The number of methoxy groups -OCH3 is 3. The SMILES string of the molecule is COc1ccc([C@H]2Oc3c(OC)cc(CCCO)cc3[C@H]2CO)cc1OC. The van der Waals surface area contributed by atoms with E-state index >= 15 is 0 Å². The van der Waals surface area contributed by atoms with Gasteiger partial charge in [0, 0.05) is 12.2 Å². The smallest absolute Gasteiger partial charge is 0.165 e. The third-order valence-corrected chi connectivity index (χ3v) is 4.93. The van der Waals surface area contributed by atoms with E-state index in [4.69, 9.17) is 24.1 Å². The minimum atomic E-state index is -0.355. The van der Waals surface area contributed by atoms with Crippen LogP contribution in [-0.4, -0.2) is 44.8 Å². The Balaban J connectivity index is 2.00. The van der Waals surface area contributed by atoms with E-state index in [2.05, 4.69) is 0 Å². The van der Waals surface area contributed by atoms with Crippen molar-refractivity contribution < 1.29 is 29.2 Å². The van der Waals surface area contributed by atoms with Crippen molar-refractivity contribution in [3.63, 3.8) is 0 Å². The van der Waals surface area contributed by atoms with Crippen LogP contribution in [0.4, 0.5) is 0 Å². The number of hydrogen-bond donors (Lipinski definition) is 2. The van der Waals surface area contributed by atoms with Gasteiger partial charge in [0.15, 0.2) is 23.0 Å². The first-order chi connectivity index (χ1) is 13.2. The molecule has 3 rings (SSSR count). The molecule has 6 nitrogen and oxygen atoms in total. The van der Waals surface area contributed by atoms with E-state index in [0.717, 1.165) is 23.1 Å². The molecule has 0 radical (unpaired) electrons. The van der Waals surface area contributed by atoms with Crippen molar-refractivity contribution in [3.05, 3.63) is 47.0 Å². The molecule has 1 aliphatic rings. The van der Waals surface area contributed by atoms with Crippen molar-refractivity contribution in [1.82, 2.24) is 0 Å². The topological polar surface area (TPSA) is 77.4 Å². The van der Waals surface area contributed by atoms with Crippen LogP contribution in [0.25, 0.3) is 0 Å². The Hall–Kier alpha value is -2.44. The molecule has 2 atom stereocenters. The molecule has 0 fully saturated rings. The third kappa shape index (κ3) is 3.68. The van der Waals surface area contributed by atoms with Crippen LogP contribution < -0.4 is 18.9 Å². The zero-order chi connectivity index (χ0) is 19.4. The fourth-order valence-electron chi connectivity index (χ4n) is 3.56. The number of rotatable bonds is 8. The molecule has 27 heavy (non-hydrogen) atoms. The first-order valence-electron chi connectivity index (χ1n) is 8.97. The van der Waals surface area contributed by atoms with Gasteiger partial charge >= 0.3 is 0 Å². The van der Waals surface area contributed by atoms with Gasteiger partial charge in [0.05, 0.1) is 33.9 Å². The largest absolute Gasteiger partial charge is 0.493 e. The molecule has 0 saturated heterocycles. The van der Waals surface area contributed by atoms with Gasteiger partial charge in [0.25, 0.3) is 0 Å². The number of benzene rings is 2. The van der Waals surface area contributed by atoms with E-state index in [-0.39, 0.29) is 25.2 Å². The summed E-state index contributed by atoms with van der Waals surface area (Å²) in [5, 5.41) is 19.2. The lowest BCUT2D eigenvalue weighted by atomic mass is 9.90. The second-order valence-electron chi connectivity index (χ2n) is 6.49. The van der Waals surface area contributed by atoms with E-state index in [9.17, 15) is 5.11 Å². The lowest BCUT2D eigenvalue weighted by Crippen LogP contribution is -2.13. The highest BCUT2D eigenvalue weighted by atomic mass is 16.5. The molecule has 2 aromatic rings. The van der Waals surface area contributed by atoms with Crippen molar-refractivity contribution in [2.75, 3.05) is 34.5 Å². The van der Waals surface area contributed by atoms with Crippen LogP contribution in [0.3, 0.4) is 0 Å². The summed E-state index contributed by atoms with van der Waals surface area (Å²) in [4.78, 5) is 0. The highest BCUT2D eigenvalue weighted by Crippen LogP contribution is 2.51. The number of aliphatic hydroxyl groups is 2. The average Bonchev–Trinajstić information content (AvgIpc) is 3.09. The summed E-state index contributed by atoms with van der Waals surface area (Å²) >= 11 is 0. The lowest BCUT2D eigenvalue weighted by Gasteiger charge is -2.19. The molecular weight excluding hydrogens is 348 g/mol. The first-order valence-corrected chi connectivity index (χ1v) is 8.97. The van der Waals surface area contributed by atoms with Gasteiger partial charge < -0.3 is 29.2 Å². The van der Waals surface area contributed by atoms with E-state index in [1.807, 2.05) is 30.3 Å². The summed E-state index contributed by atoms with van der Waals surface area (Å²) in [5.74, 6) is 2.33. The molecule has 2 N–H and O–H groups in total. The van der Waals surface area contributed by atoms with Gasteiger partial charge in [-0.3, -0.25) is 0 Å². The van der Waals surface area contributed by atoms with Gasteiger partial charge in [-0.15, -0.1) is 0 Å². The van der Waals surface area contributed by atoms with Crippen LogP contribution in [0.5, 0.6) is 23.0 Å². The van der Waals surface area contributed by atoms with E-state index in [1.165, 1.54) is 0 Å². The van der Waals surface area contributed by atoms with Crippen LogP contribution in [-0.2, 0) is 6.42 Å². The van der Waals surface area contributed by atoms with Crippen molar-refractivity contribution >= 4 is 0 Å². The molecule has 2 aromatic carbocycles. The molecule has 146 valence electrons. The summed E-state index contributed by atoms with van der Waals surface area (Å²) in [5.41, 5.74) is 2.86. The van der Waals surface area contributed by atoms with Crippen LogP contribution in [0.15, 0.2) is 30.3 Å². The van der Waals surface area contributed by atoms with Gasteiger partial charge in [-0.05, 0) is 42.2 Å². The van der Waals surface area contributed by atoms with Gasteiger partial charge in [0.1, 0.15) is 6.10 Å². The highest BCUT2D eigenvalue weighted by Gasteiger charge is 2.38. The van der Waals surface area contributed by atoms with Crippen LogP contribution in [0, 0.1) is 0 Å². The molecule has 6 heteroatoms. The standard InChI is InChI=1S/C21H26O6/c1-24-17-7-6-14(11-18(17)25-2)20-16(12-23)15-9-13(5-4-8-22)10-19(26-3)21(15)27-20/h6-7,9-11,16,20,22-23H,4-5,8,12H2,1-3H3/t16-,20-/m1/s1. The second kappa shape index (κ2) is 8.50. The predicted octanol–water partition coefficient (Wildman–Crippen LogP) is 2.85. The molecule has 1 aliphatic heterocycles. The summed E-state index contributed by atoms with van der Waals surface area (Å²) in [6.45, 7) is 0.0756. The van der Waals surface area contributed by atoms with Crippen LogP contribution >= 0.6 is 0 Å². The Morgan fingerprint density at radius 3 is 2.30 bits per heavy atom. The average molecular weight is 374 g/mol. The van der Waals surface area contributed by atoms with Crippen molar-refractivity contribution in [2.24, 2.45) is 0 Å². The van der Waals surface area contributed by atoms with Gasteiger partial charge in [0.2, 0.25) is 0 Å².